The molecule has 0 bridgehead atoms. The number of ether oxygens (including phenoxy) is 3. The van der Waals surface area contributed by atoms with Gasteiger partial charge in [-0.15, -0.1) is 0 Å². The molecular weight excluding hydrogens is 354 g/mol. The van der Waals surface area contributed by atoms with E-state index in [2.05, 4.69) is 5.32 Å². The molecule has 2 aromatic carbocycles. The monoisotopic (exact) mass is 374 g/mol. The molecule has 1 heterocycles. The van der Waals surface area contributed by atoms with Crippen molar-refractivity contribution in [3.63, 3.8) is 0 Å². The Morgan fingerprint density at radius 2 is 2.04 bits per heavy atom. The summed E-state index contributed by atoms with van der Waals surface area (Å²) in [6, 6.07) is 9.94. The first-order valence-corrected chi connectivity index (χ1v) is 8.28. The summed E-state index contributed by atoms with van der Waals surface area (Å²) in [6.07, 6.45) is 0. The Kier molecular flexibility index (Phi) is 5.41. The Labute approximate surface area is 155 Å². The Bertz CT molecular complexity index is 870. The fourth-order valence-electron chi connectivity index (χ4n) is 2.83. The smallest absolute Gasteiger partial charge is 0.296 e. The lowest BCUT2D eigenvalue weighted by atomic mass is 10.2. The van der Waals surface area contributed by atoms with Gasteiger partial charge in [0.2, 0.25) is 6.79 Å². The average molecular weight is 374 g/mol. The van der Waals surface area contributed by atoms with Crippen molar-refractivity contribution in [3.05, 3.63) is 52.1 Å². The quantitative estimate of drug-likeness (QED) is 0.553. The highest BCUT2D eigenvalue weighted by Crippen LogP contribution is 2.32. The fourth-order valence-corrected chi connectivity index (χ4v) is 2.83. The number of benzene rings is 2. The summed E-state index contributed by atoms with van der Waals surface area (Å²) in [7, 11) is 3.29. The summed E-state index contributed by atoms with van der Waals surface area (Å²) in [6.45, 7) is 0.955. The first-order valence-electron chi connectivity index (χ1n) is 8.28. The third-order valence-electron chi connectivity index (χ3n) is 4.08. The summed E-state index contributed by atoms with van der Waals surface area (Å²) in [5.41, 5.74) is 0.929. The largest absolute Gasteiger partial charge is 0.496 e. The van der Waals surface area contributed by atoms with Gasteiger partial charge in [0, 0.05) is 5.56 Å². The molecule has 1 aliphatic heterocycles. The second-order valence-corrected chi connectivity index (χ2v) is 6.19. The highest BCUT2D eigenvalue weighted by atomic mass is 16.7. The molecule has 0 spiro atoms. The third kappa shape index (κ3) is 4.45. The number of hydrogen-bond acceptors (Lipinski definition) is 6. The topological polar surface area (TPSA) is 104 Å². The fraction of sp³-hybridized carbons (Fsp3) is 0.278. The number of hydrogen-bond donors (Lipinski definition) is 2. The maximum absolute atomic E-state index is 12.3. The predicted octanol–water partition coefficient (Wildman–Crippen LogP) is 0.986. The van der Waals surface area contributed by atoms with E-state index in [0.29, 0.717) is 23.8 Å². The van der Waals surface area contributed by atoms with Crippen molar-refractivity contribution in [3.8, 4) is 17.2 Å². The van der Waals surface area contributed by atoms with Crippen molar-refractivity contribution >= 4 is 17.3 Å². The molecule has 9 nitrogen and oxygen atoms in total. The standard InChI is InChI=1S/C18H19N3O6/c1-20(9-12-3-6-16-17(7-12)27-11-26-16)10-18(22)19-14-5-4-13(25-2)8-15(14)21(23)24/h3-8H,9-11H2,1-2H3,(H,19,22)/p+1. The normalized spacial score (nSPS) is 13.1. The maximum Gasteiger partial charge on any atom is 0.296 e. The summed E-state index contributed by atoms with van der Waals surface area (Å²) >= 11 is 0. The minimum Gasteiger partial charge on any atom is -0.496 e. The van der Waals surface area contributed by atoms with Gasteiger partial charge in [-0.1, -0.05) is 0 Å². The zero-order valence-corrected chi connectivity index (χ0v) is 15.0. The number of amides is 1. The van der Waals surface area contributed by atoms with Crippen LogP contribution in [0.1, 0.15) is 5.56 Å². The molecule has 0 fully saturated rings. The highest BCUT2D eigenvalue weighted by Gasteiger charge is 2.20. The van der Waals surface area contributed by atoms with Crippen molar-refractivity contribution in [1.82, 2.24) is 0 Å². The third-order valence-corrected chi connectivity index (χ3v) is 4.08. The summed E-state index contributed by atoms with van der Waals surface area (Å²) in [5.74, 6) is 1.44. The van der Waals surface area contributed by atoms with E-state index in [4.69, 9.17) is 14.2 Å². The van der Waals surface area contributed by atoms with E-state index in [1.165, 1.54) is 19.2 Å². The van der Waals surface area contributed by atoms with Crippen molar-refractivity contribution in [2.24, 2.45) is 0 Å². The molecule has 1 unspecified atom stereocenters. The number of likely N-dealkylation sites (N-methyl/N-ethyl adjacent to an activating group) is 1. The van der Waals surface area contributed by atoms with Crippen LogP contribution in [0.4, 0.5) is 11.4 Å². The number of fused-ring (bicyclic) bond motifs is 1. The number of nitrogens with one attached hydrogen (secondary N) is 2. The van der Waals surface area contributed by atoms with E-state index in [9.17, 15) is 14.9 Å². The van der Waals surface area contributed by atoms with Crippen LogP contribution in [0.3, 0.4) is 0 Å². The van der Waals surface area contributed by atoms with Crippen LogP contribution in [0.15, 0.2) is 36.4 Å². The SMILES string of the molecule is COc1ccc(NC(=O)C[NH+](C)Cc2ccc3c(c2)OCO3)c([N+](=O)[O-])c1. The molecule has 3 rings (SSSR count). The van der Waals surface area contributed by atoms with E-state index in [1.54, 1.807) is 6.07 Å². The molecule has 1 atom stereocenters. The number of quaternary nitrogens is 1. The van der Waals surface area contributed by atoms with Gasteiger partial charge in [0.25, 0.3) is 11.6 Å². The van der Waals surface area contributed by atoms with E-state index in [1.807, 2.05) is 25.2 Å². The number of rotatable bonds is 7. The van der Waals surface area contributed by atoms with E-state index in [-0.39, 0.29) is 30.6 Å². The zero-order valence-electron chi connectivity index (χ0n) is 15.0. The van der Waals surface area contributed by atoms with Crippen molar-refractivity contribution in [1.29, 1.82) is 0 Å². The highest BCUT2D eigenvalue weighted by molar-refractivity contribution is 5.93. The van der Waals surface area contributed by atoms with Gasteiger partial charge in [-0.25, -0.2) is 0 Å². The second kappa shape index (κ2) is 7.92. The number of nitro benzene ring substituents is 1. The molecule has 0 radical (unpaired) electrons. The minimum absolute atomic E-state index is 0.140. The number of nitro groups is 1. The van der Waals surface area contributed by atoms with Crippen LogP contribution in [0, 0.1) is 10.1 Å². The molecule has 27 heavy (non-hydrogen) atoms. The number of methoxy groups -OCH3 is 1. The van der Waals surface area contributed by atoms with Crippen molar-refractivity contribution < 1.29 is 28.8 Å². The number of carbonyl (C=O) groups is 1. The molecule has 2 aromatic rings. The van der Waals surface area contributed by atoms with Gasteiger partial charge in [0.1, 0.15) is 18.0 Å². The molecule has 0 aliphatic carbocycles. The Morgan fingerprint density at radius 3 is 2.78 bits per heavy atom. The van der Waals surface area contributed by atoms with Crippen LogP contribution in [0.25, 0.3) is 0 Å². The molecule has 2 N–H and O–H groups in total. The van der Waals surface area contributed by atoms with E-state index < -0.39 is 4.92 Å². The van der Waals surface area contributed by atoms with Gasteiger partial charge >= 0.3 is 0 Å². The molecule has 1 aliphatic rings. The molecule has 1 amide bonds. The average Bonchev–Trinajstić information content (AvgIpc) is 3.09. The minimum atomic E-state index is -0.554. The summed E-state index contributed by atoms with van der Waals surface area (Å²) in [5, 5.41) is 13.8. The first-order chi connectivity index (χ1) is 13.0. The van der Waals surface area contributed by atoms with Gasteiger partial charge < -0.3 is 24.4 Å². The molecule has 142 valence electrons. The number of carbonyl (C=O) groups excluding carboxylic acids is 1. The van der Waals surface area contributed by atoms with Crippen LogP contribution >= 0.6 is 0 Å². The van der Waals surface area contributed by atoms with E-state index in [0.717, 1.165) is 10.5 Å². The van der Waals surface area contributed by atoms with Crippen molar-refractivity contribution in [2.75, 3.05) is 32.8 Å². The maximum atomic E-state index is 12.3. The Hall–Kier alpha value is -3.33. The number of nitrogens with zero attached hydrogens (tertiary/aromatic N) is 1. The second-order valence-electron chi connectivity index (χ2n) is 6.19. The summed E-state index contributed by atoms with van der Waals surface area (Å²) < 4.78 is 15.6. The Morgan fingerprint density at radius 1 is 1.26 bits per heavy atom. The molecular formula is C18H20N3O6+. The summed E-state index contributed by atoms with van der Waals surface area (Å²) in [4.78, 5) is 23.9. The van der Waals surface area contributed by atoms with Crippen LogP contribution < -0.4 is 24.4 Å². The zero-order chi connectivity index (χ0) is 19.4. The predicted molar refractivity (Wildman–Crippen MR) is 96.3 cm³/mol. The van der Waals surface area contributed by atoms with Crippen LogP contribution in [-0.2, 0) is 11.3 Å². The van der Waals surface area contributed by atoms with Gasteiger partial charge in [0.15, 0.2) is 18.0 Å². The lowest BCUT2D eigenvalue weighted by Crippen LogP contribution is -3.08. The van der Waals surface area contributed by atoms with Crippen LogP contribution in [-0.4, -0.2) is 38.3 Å². The lowest BCUT2D eigenvalue weighted by molar-refractivity contribution is -0.885. The number of anilines is 1. The lowest BCUT2D eigenvalue weighted by Gasteiger charge is -2.14. The van der Waals surface area contributed by atoms with Crippen LogP contribution in [0.5, 0.6) is 17.2 Å². The van der Waals surface area contributed by atoms with E-state index >= 15 is 0 Å². The molecule has 0 saturated heterocycles. The van der Waals surface area contributed by atoms with Gasteiger partial charge in [-0.3, -0.25) is 14.9 Å². The van der Waals surface area contributed by atoms with Crippen LogP contribution in [0.2, 0.25) is 0 Å². The molecule has 9 heteroatoms. The van der Waals surface area contributed by atoms with Gasteiger partial charge in [0.05, 0.1) is 25.1 Å². The Balaban J connectivity index is 1.61. The van der Waals surface area contributed by atoms with Gasteiger partial charge in [-0.2, -0.15) is 0 Å². The van der Waals surface area contributed by atoms with Crippen molar-refractivity contribution in [2.45, 2.75) is 6.54 Å². The molecule has 0 saturated carbocycles. The first kappa shape index (κ1) is 18.5. The molecule has 0 aromatic heterocycles. The van der Waals surface area contributed by atoms with Gasteiger partial charge in [-0.05, 0) is 30.3 Å².